The van der Waals surface area contributed by atoms with Gasteiger partial charge < -0.3 is 0 Å². The number of benzene rings is 2. The molecule has 1 fully saturated rings. The Balaban J connectivity index is 1.87. The summed E-state index contributed by atoms with van der Waals surface area (Å²) >= 11 is 6.66. The molecule has 7 heteroatoms. The number of carbonyl (C=O) groups excluding carboxylic acids is 2. The van der Waals surface area contributed by atoms with E-state index < -0.39 is 22.8 Å². The van der Waals surface area contributed by atoms with Crippen molar-refractivity contribution in [1.82, 2.24) is 4.90 Å². The van der Waals surface area contributed by atoms with Gasteiger partial charge in [-0.05, 0) is 47.7 Å². The number of hydrogen-bond acceptors (Lipinski definition) is 3. The van der Waals surface area contributed by atoms with E-state index >= 15 is 0 Å². The third-order valence-electron chi connectivity index (χ3n) is 3.40. The van der Waals surface area contributed by atoms with Crippen molar-refractivity contribution in [2.24, 2.45) is 0 Å². The molecule has 122 valence electrons. The van der Waals surface area contributed by atoms with Crippen LogP contribution in [-0.4, -0.2) is 16.0 Å². The first-order chi connectivity index (χ1) is 11.5. The van der Waals surface area contributed by atoms with E-state index in [1.165, 1.54) is 42.5 Å². The predicted octanol–water partition coefficient (Wildman–Crippen LogP) is 4.85. The van der Waals surface area contributed by atoms with Gasteiger partial charge in [0.1, 0.15) is 11.6 Å². The molecule has 0 radical (unpaired) electrons. The van der Waals surface area contributed by atoms with E-state index in [2.05, 4.69) is 0 Å². The lowest BCUT2D eigenvalue weighted by Crippen LogP contribution is -2.28. The molecule has 24 heavy (non-hydrogen) atoms. The first-order valence-corrected chi connectivity index (χ1v) is 8.09. The summed E-state index contributed by atoms with van der Waals surface area (Å²) in [4.78, 5) is 25.5. The van der Waals surface area contributed by atoms with Crippen molar-refractivity contribution in [3.63, 3.8) is 0 Å². The second kappa shape index (κ2) is 6.75. The van der Waals surface area contributed by atoms with E-state index in [0.29, 0.717) is 5.56 Å². The summed E-state index contributed by atoms with van der Waals surface area (Å²) in [6, 6.07) is 9.80. The lowest BCUT2D eigenvalue weighted by molar-refractivity contribution is -0.123. The minimum Gasteiger partial charge on any atom is -0.268 e. The Morgan fingerprint density at radius 2 is 1.88 bits per heavy atom. The van der Waals surface area contributed by atoms with E-state index in [9.17, 15) is 18.4 Å². The van der Waals surface area contributed by atoms with Crippen molar-refractivity contribution in [2.45, 2.75) is 6.54 Å². The average molecular weight is 366 g/mol. The normalized spacial score (nSPS) is 16.3. The second-order valence-corrected chi connectivity index (χ2v) is 6.42. The molecule has 0 saturated carbocycles. The monoisotopic (exact) mass is 365 g/mol. The largest absolute Gasteiger partial charge is 0.293 e. The van der Waals surface area contributed by atoms with Gasteiger partial charge in [-0.2, -0.15) is 0 Å². The first-order valence-electron chi connectivity index (χ1n) is 6.89. The maximum absolute atomic E-state index is 13.8. The molecule has 0 unspecified atom stereocenters. The van der Waals surface area contributed by atoms with Gasteiger partial charge in [0, 0.05) is 10.6 Å². The second-order valence-electron chi connectivity index (χ2n) is 5.02. The van der Waals surface area contributed by atoms with E-state index in [1.807, 2.05) is 0 Å². The van der Waals surface area contributed by atoms with Crippen LogP contribution in [0.5, 0.6) is 0 Å². The number of rotatable bonds is 3. The summed E-state index contributed by atoms with van der Waals surface area (Å²) < 4.78 is 27.1. The third-order valence-corrected chi connectivity index (χ3v) is 4.66. The van der Waals surface area contributed by atoms with E-state index in [1.54, 1.807) is 6.07 Å². The molecule has 3 rings (SSSR count). The standard InChI is InChI=1S/C17H10ClF2NO2S/c18-13-5-2-6-14(20)12(13)9-21-16(22)15(24-17(21)23)8-10-3-1-4-11(19)7-10/h1-8H,9H2/b15-8-. The SMILES string of the molecule is O=C1S/C(=C\c2cccc(F)c2)C(=O)N1Cc1c(F)cccc1Cl. The summed E-state index contributed by atoms with van der Waals surface area (Å²) in [6.07, 6.45) is 1.43. The van der Waals surface area contributed by atoms with Gasteiger partial charge >= 0.3 is 0 Å². The highest BCUT2D eigenvalue weighted by atomic mass is 35.5. The van der Waals surface area contributed by atoms with Crippen molar-refractivity contribution >= 4 is 40.6 Å². The molecule has 0 aliphatic carbocycles. The lowest BCUT2D eigenvalue weighted by atomic mass is 10.2. The number of halogens is 3. The van der Waals surface area contributed by atoms with Gasteiger partial charge in [-0.25, -0.2) is 8.78 Å². The molecule has 0 N–H and O–H groups in total. The first kappa shape index (κ1) is 16.7. The molecule has 0 bridgehead atoms. The Morgan fingerprint density at radius 1 is 1.12 bits per heavy atom. The number of thioether (sulfide) groups is 1. The van der Waals surface area contributed by atoms with E-state index in [4.69, 9.17) is 11.6 Å². The number of carbonyl (C=O) groups is 2. The molecule has 1 saturated heterocycles. The molecular formula is C17H10ClF2NO2S. The molecule has 3 nitrogen and oxygen atoms in total. The molecule has 0 spiro atoms. The topological polar surface area (TPSA) is 37.4 Å². The maximum atomic E-state index is 13.8. The Bertz CT molecular complexity index is 849. The van der Waals surface area contributed by atoms with Crippen LogP contribution < -0.4 is 0 Å². The van der Waals surface area contributed by atoms with Gasteiger partial charge in [-0.15, -0.1) is 0 Å². The molecule has 0 aromatic heterocycles. The average Bonchev–Trinajstić information content (AvgIpc) is 2.78. The Kier molecular flexibility index (Phi) is 4.69. The molecule has 2 aromatic rings. The van der Waals surface area contributed by atoms with Crippen molar-refractivity contribution in [3.05, 3.63) is 75.2 Å². The molecule has 1 aliphatic heterocycles. The van der Waals surface area contributed by atoms with Crippen LogP contribution in [-0.2, 0) is 11.3 Å². The van der Waals surface area contributed by atoms with Crippen LogP contribution in [0, 0.1) is 11.6 Å². The lowest BCUT2D eigenvalue weighted by Gasteiger charge is -2.14. The van der Waals surface area contributed by atoms with Crippen molar-refractivity contribution in [2.75, 3.05) is 0 Å². The Labute approximate surface area is 145 Å². The zero-order chi connectivity index (χ0) is 17.3. The fraction of sp³-hybridized carbons (Fsp3) is 0.0588. The summed E-state index contributed by atoms with van der Waals surface area (Å²) in [7, 11) is 0. The quantitative estimate of drug-likeness (QED) is 0.729. The summed E-state index contributed by atoms with van der Waals surface area (Å²) in [5.74, 6) is -1.59. The summed E-state index contributed by atoms with van der Waals surface area (Å²) in [6.45, 7) is -0.253. The van der Waals surface area contributed by atoms with Crippen LogP contribution in [0.25, 0.3) is 6.08 Å². The van der Waals surface area contributed by atoms with Gasteiger partial charge in [0.05, 0.1) is 11.4 Å². The van der Waals surface area contributed by atoms with Gasteiger partial charge in [-0.3, -0.25) is 14.5 Å². The fourth-order valence-electron chi connectivity index (χ4n) is 2.23. The minimum atomic E-state index is -0.587. The zero-order valence-corrected chi connectivity index (χ0v) is 13.7. The number of hydrogen-bond donors (Lipinski definition) is 0. The van der Waals surface area contributed by atoms with Crippen LogP contribution >= 0.6 is 23.4 Å². The summed E-state index contributed by atoms with van der Waals surface area (Å²) in [5, 5.41) is -0.384. The van der Waals surface area contributed by atoms with Crippen LogP contribution in [0.3, 0.4) is 0 Å². The Hall–Kier alpha value is -2.18. The molecule has 2 aromatic carbocycles. The van der Waals surface area contributed by atoms with Crippen molar-refractivity contribution in [1.29, 1.82) is 0 Å². The van der Waals surface area contributed by atoms with Crippen molar-refractivity contribution < 1.29 is 18.4 Å². The van der Waals surface area contributed by atoms with Crippen LogP contribution in [0.1, 0.15) is 11.1 Å². The van der Waals surface area contributed by atoms with Crippen LogP contribution in [0.15, 0.2) is 47.4 Å². The third kappa shape index (κ3) is 3.34. The number of imide groups is 1. The van der Waals surface area contributed by atoms with Crippen LogP contribution in [0.4, 0.5) is 13.6 Å². The molecule has 2 amide bonds. The number of nitrogens with zero attached hydrogens (tertiary/aromatic N) is 1. The molecule has 0 atom stereocenters. The molecule has 1 aliphatic rings. The van der Waals surface area contributed by atoms with Crippen molar-refractivity contribution in [3.8, 4) is 0 Å². The van der Waals surface area contributed by atoms with Gasteiger partial charge in [0.2, 0.25) is 0 Å². The number of amides is 2. The molecular weight excluding hydrogens is 356 g/mol. The highest BCUT2D eigenvalue weighted by molar-refractivity contribution is 8.18. The summed E-state index contributed by atoms with van der Waals surface area (Å²) in [5.41, 5.74) is 0.540. The van der Waals surface area contributed by atoms with E-state index in [0.717, 1.165) is 16.7 Å². The molecule has 1 heterocycles. The van der Waals surface area contributed by atoms with E-state index in [-0.39, 0.29) is 22.0 Å². The smallest absolute Gasteiger partial charge is 0.268 e. The van der Waals surface area contributed by atoms with Gasteiger partial charge in [0.25, 0.3) is 11.1 Å². The van der Waals surface area contributed by atoms with Gasteiger partial charge in [-0.1, -0.05) is 29.8 Å². The fourth-order valence-corrected chi connectivity index (χ4v) is 3.29. The predicted molar refractivity (Wildman–Crippen MR) is 89.3 cm³/mol. The minimum absolute atomic E-state index is 0.0773. The maximum Gasteiger partial charge on any atom is 0.293 e. The Morgan fingerprint density at radius 3 is 2.58 bits per heavy atom. The zero-order valence-electron chi connectivity index (χ0n) is 12.1. The van der Waals surface area contributed by atoms with Crippen LogP contribution in [0.2, 0.25) is 5.02 Å². The highest BCUT2D eigenvalue weighted by Crippen LogP contribution is 2.34. The van der Waals surface area contributed by atoms with Gasteiger partial charge in [0.15, 0.2) is 0 Å². The highest BCUT2D eigenvalue weighted by Gasteiger charge is 2.35.